The van der Waals surface area contributed by atoms with Gasteiger partial charge in [0.1, 0.15) is 11.2 Å². The van der Waals surface area contributed by atoms with Gasteiger partial charge in [-0.15, -0.1) is 0 Å². The van der Waals surface area contributed by atoms with E-state index in [4.69, 9.17) is 4.42 Å². The highest BCUT2D eigenvalue weighted by Gasteiger charge is 2.23. The molecular formula is C54H41NO. The van der Waals surface area contributed by atoms with Gasteiger partial charge >= 0.3 is 0 Å². The minimum atomic E-state index is 0.586. The molecule has 1 aliphatic rings. The van der Waals surface area contributed by atoms with E-state index in [-0.39, 0.29) is 0 Å². The SMILES string of the molecule is c1cc(-c2cccc3c2ccc2ccccc23)cc(N(c2ccc3oc4ccccc4c3c2)c2ccccc2-c2cccc3cccc(C4CCCCC4)c23)c1. The first-order chi connectivity index (χ1) is 27.8. The molecule has 2 nitrogen and oxygen atoms in total. The number of hydrogen-bond donors (Lipinski definition) is 0. The average molecular weight is 720 g/mol. The van der Waals surface area contributed by atoms with Crippen LogP contribution < -0.4 is 4.90 Å². The van der Waals surface area contributed by atoms with E-state index in [0.717, 1.165) is 39.0 Å². The van der Waals surface area contributed by atoms with Crippen LogP contribution in [0.2, 0.25) is 0 Å². The zero-order valence-corrected chi connectivity index (χ0v) is 31.3. The zero-order chi connectivity index (χ0) is 37.0. The minimum absolute atomic E-state index is 0.586. The molecule has 0 bridgehead atoms. The number of fused-ring (bicyclic) bond motifs is 7. The van der Waals surface area contributed by atoms with E-state index >= 15 is 0 Å². The Kier molecular flexibility index (Phi) is 7.95. The van der Waals surface area contributed by atoms with E-state index in [1.54, 1.807) is 0 Å². The highest BCUT2D eigenvalue weighted by Crippen LogP contribution is 2.47. The molecule has 0 radical (unpaired) electrons. The van der Waals surface area contributed by atoms with Crippen LogP contribution in [0.4, 0.5) is 17.1 Å². The van der Waals surface area contributed by atoms with Crippen molar-refractivity contribution in [3.8, 4) is 22.3 Å². The summed E-state index contributed by atoms with van der Waals surface area (Å²) in [5.41, 5.74) is 11.6. The second-order valence-electron chi connectivity index (χ2n) is 15.5. The minimum Gasteiger partial charge on any atom is -0.456 e. The summed E-state index contributed by atoms with van der Waals surface area (Å²) >= 11 is 0. The van der Waals surface area contributed by atoms with Gasteiger partial charge in [0.15, 0.2) is 0 Å². The highest BCUT2D eigenvalue weighted by atomic mass is 16.3. The largest absolute Gasteiger partial charge is 0.456 e. The van der Waals surface area contributed by atoms with E-state index in [2.05, 4.69) is 181 Å². The third-order valence-electron chi connectivity index (χ3n) is 12.2. The Hall–Kier alpha value is -6.64. The fourth-order valence-electron chi connectivity index (χ4n) is 9.63. The Balaban J connectivity index is 1.15. The third-order valence-corrected chi connectivity index (χ3v) is 12.2. The molecule has 56 heavy (non-hydrogen) atoms. The van der Waals surface area contributed by atoms with Gasteiger partial charge in [0.05, 0.1) is 5.69 Å². The molecule has 268 valence electrons. The first-order valence-electron chi connectivity index (χ1n) is 20.1. The molecule has 0 spiro atoms. The van der Waals surface area contributed by atoms with E-state index in [0.29, 0.717) is 5.92 Å². The lowest BCUT2D eigenvalue weighted by atomic mass is 9.80. The van der Waals surface area contributed by atoms with Crippen molar-refractivity contribution in [1.82, 2.24) is 0 Å². The number of para-hydroxylation sites is 2. The van der Waals surface area contributed by atoms with E-state index in [1.165, 1.54) is 92.2 Å². The molecule has 0 unspecified atom stereocenters. The Morgan fingerprint density at radius 3 is 2.02 bits per heavy atom. The molecule has 1 fully saturated rings. The van der Waals surface area contributed by atoms with Gasteiger partial charge in [-0.1, -0.05) is 159 Å². The summed E-state index contributed by atoms with van der Waals surface area (Å²) in [6, 6.07) is 66.9. The normalized spacial score (nSPS) is 13.6. The van der Waals surface area contributed by atoms with Crippen LogP contribution in [-0.4, -0.2) is 0 Å². The fraction of sp³-hybridized carbons (Fsp3) is 0.111. The van der Waals surface area contributed by atoms with Crippen LogP contribution in [0.15, 0.2) is 186 Å². The Morgan fingerprint density at radius 2 is 1.09 bits per heavy atom. The number of hydrogen-bond acceptors (Lipinski definition) is 2. The van der Waals surface area contributed by atoms with Gasteiger partial charge in [-0.25, -0.2) is 0 Å². The average Bonchev–Trinajstić information content (AvgIpc) is 3.64. The summed E-state index contributed by atoms with van der Waals surface area (Å²) < 4.78 is 6.34. The maximum atomic E-state index is 6.34. The number of nitrogens with zero attached hydrogens (tertiary/aromatic N) is 1. The molecule has 11 rings (SSSR count). The van der Waals surface area contributed by atoms with Gasteiger partial charge in [0.2, 0.25) is 0 Å². The molecule has 0 N–H and O–H groups in total. The molecule has 1 aliphatic carbocycles. The van der Waals surface area contributed by atoms with Crippen molar-refractivity contribution in [3.05, 3.63) is 188 Å². The smallest absolute Gasteiger partial charge is 0.135 e. The fourth-order valence-corrected chi connectivity index (χ4v) is 9.63. The molecule has 0 saturated heterocycles. The predicted octanol–water partition coefficient (Wildman–Crippen LogP) is 15.9. The van der Waals surface area contributed by atoms with Crippen molar-refractivity contribution in [3.63, 3.8) is 0 Å². The molecule has 9 aromatic carbocycles. The molecule has 2 heteroatoms. The van der Waals surface area contributed by atoms with Crippen molar-refractivity contribution in [2.45, 2.75) is 38.0 Å². The van der Waals surface area contributed by atoms with Crippen LogP contribution in [0, 0.1) is 0 Å². The summed E-state index contributed by atoms with van der Waals surface area (Å²) in [5.74, 6) is 0.586. The summed E-state index contributed by atoms with van der Waals surface area (Å²) in [6.45, 7) is 0. The lowest BCUT2D eigenvalue weighted by molar-refractivity contribution is 0.445. The highest BCUT2D eigenvalue weighted by molar-refractivity contribution is 6.12. The molecular weight excluding hydrogens is 679 g/mol. The number of rotatable bonds is 6. The molecule has 0 amide bonds. The first kappa shape index (κ1) is 32.8. The number of benzene rings is 9. The Morgan fingerprint density at radius 1 is 0.411 bits per heavy atom. The van der Waals surface area contributed by atoms with E-state index < -0.39 is 0 Å². The van der Waals surface area contributed by atoms with Crippen molar-refractivity contribution < 1.29 is 4.42 Å². The second-order valence-corrected chi connectivity index (χ2v) is 15.5. The molecule has 0 aliphatic heterocycles. The number of anilines is 3. The van der Waals surface area contributed by atoms with Gasteiger partial charge < -0.3 is 9.32 Å². The van der Waals surface area contributed by atoms with Gasteiger partial charge in [0.25, 0.3) is 0 Å². The Labute approximate surface area is 327 Å². The Bertz CT molecular complexity index is 3090. The summed E-state index contributed by atoms with van der Waals surface area (Å²) in [6.07, 6.45) is 6.48. The topological polar surface area (TPSA) is 16.4 Å². The van der Waals surface area contributed by atoms with Crippen LogP contribution in [-0.2, 0) is 0 Å². The van der Waals surface area contributed by atoms with E-state index in [1.807, 2.05) is 6.07 Å². The van der Waals surface area contributed by atoms with Crippen molar-refractivity contribution in [2.24, 2.45) is 0 Å². The molecule has 0 atom stereocenters. The summed E-state index contributed by atoms with van der Waals surface area (Å²) in [5, 5.41) is 10.0. The summed E-state index contributed by atoms with van der Waals surface area (Å²) in [4.78, 5) is 2.46. The van der Waals surface area contributed by atoms with Gasteiger partial charge in [-0.3, -0.25) is 0 Å². The summed E-state index contributed by atoms with van der Waals surface area (Å²) in [7, 11) is 0. The lowest BCUT2D eigenvalue weighted by Crippen LogP contribution is -2.11. The third kappa shape index (κ3) is 5.47. The molecule has 1 saturated carbocycles. The van der Waals surface area contributed by atoms with Crippen LogP contribution in [0.1, 0.15) is 43.6 Å². The predicted molar refractivity (Wildman–Crippen MR) is 238 cm³/mol. The maximum Gasteiger partial charge on any atom is 0.135 e. The van der Waals surface area contributed by atoms with Crippen molar-refractivity contribution >= 4 is 71.3 Å². The molecule has 1 heterocycles. The zero-order valence-electron chi connectivity index (χ0n) is 31.3. The quantitative estimate of drug-likeness (QED) is 0.159. The molecule has 10 aromatic rings. The maximum absolute atomic E-state index is 6.34. The van der Waals surface area contributed by atoms with Crippen LogP contribution in [0.5, 0.6) is 0 Å². The number of furan rings is 1. The van der Waals surface area contributed by atoms with Crippen molar-refractivity contribution in [2.75, 3.05) is 4.90 Å². The van der Waals surface area contributed by atoms with Crippen LogP contribution in [0.3, 0.4) is 0 Å². The lowest BCUT2D eigenvalue weighted by Gasteiger charge is -2.29. The van der Waals surface area contributed by atoms with Gasteiger partial charge in [0, 0.05) is 27.7 Å². The van der Waals surface area contributed by atoms with Crippen molar-refractivity contribution in [1.29, 1.82) is 0 Å². The van der Waals surface area contributed by atoms with Gasteiger partial charge in [-0.2, -0.15) is 0 Å². The standard InChI is InChI=1S/C54H41NO/c1-2-14-36(15-3-1)44-25-11-17-38-18-12-27-49(54(38)44)47-22-6-8-28-51(47)55(41-31-33-53-50(35-41)48-23-7-9-29-52(48)56-53)40-20-10-19-39(34-40)43-24-13-26-45-42-21-5-4-16-37(42)30-32-46(43)45/h4-13,16-36H,1-3,14-15H2. The first-order valence-corrected chi connectivity index (χ1v) is 20.1. The van der Waals surface area contributed by atoms with Crippen LogP contribution >= 0.6 is 0 Å². The second kappa shape index (κ2) is 13.6. The van der Waals surface area contributed by atoms with E-state index in [9.17, 15) is 0 Å². The molecule has 1 aromatic heterocycles. The monoisotopic (exact) mass is 719 g/mol. The van der Waals surface area contributed by atoms with Gasteiger partial charge in [-0.05, 0) is 116 Å². The van der Waals surface area contributed by atoms with Crippen LogP contribution in [0.25, 0.3) is 76.5 Å².